The molecule has 12 heteroatoms. The van der Waals surface area contributed by atoms with E-state index in [9.17, 15) is 27.2 Å². The summed E-state index contributed by atoms with van der Waals surface area (Å²) in [6.45, 7) is 3.52. The van der Waals surface area contributed by atoms with E-state index in [0.29, 0.717) is 11.4 Å². The number of hydrogen-bond acceptors (Lipinski definition) is 5. The molecule has 0 aliphatic heterocycles. The molecule has 4 aromatic rings. The quantitative estimate of drug-likeness (QED) is 0.214. The van der Waals surface area contributed by atoms with Crippen molar-refractivity contribution in [1.29, 1.82) is 0 Å². The van der Waals surface area contributed by atoms with E-state index >= 15 is 0 Å². The van der Waals surface area contributed by atoms with E-state index in [-0.39, 0.29) is 29.2 Å². The van der Waals surface area contributed by atoms with Crippen LogP contribution in [0.2, 0.25) is 0 Å². The predicted molar refractivity (Wildman–Crippen MR) is 139 cm³/mol. The molecule has 0 saturated heterocycles. The van der Waals surface area contributed by atoms with Gasteiger partial charge in [-0.2, -0.15) is 13.2 Å². The van der Waals surface area contributed by atoms with Crippen LogP contribution >= 0.6 is 11.8 Å². The van der Waals surface area contributed by atoms with Gasteiger partial charge in [0.05, 0.1) is 23.4 Å². The van der Waals surface area contributed by atoms with Crippen LogP contribution in [-0.2, 0) is 17.5 Å². The highest BCUT2D eigenvalue weighted by Crippen LogP contribution is 2.32. The average Bonchev–Trinajstić information content (AvgIpc) is 3.31. The number of thioether (sulfide) groups is 1. The van der Waals surface area contributed by atoms with Crippen molar-refractivity contribution in [2.45, 2.75) is 31.7 Å². The third-order valence-corrected chi connectivity index (χ3v) is 6.60. The zero-order valence-electron chi connectivity index (χ0n) is 20.8. The molecule has 7 nitrogen and oxygen atoms in total. The SMILES string of the molecule is Cc1ccc(C)c(NC(=O)CSc2nnc(CNC(=O)c3ccccc3C(F)(F)F)n2-c2ccc(F)cc2)c1. The largest absolute Gasteiger partial charge is 0.417 e. The molecule has 3 aromatic carbocycles. The molecule has 0 radical (unpaired) electrons. The van der Waals surface area contributed by atoms with Gasteiger partial charge in [-0.25, -0.2) is 4.39 Å². The van der Waals surface area contributed by atoms with Gasteiger partial charge in [-0.05, 0) is 67.4 Å². The third kappa shape index (κ3) is 6.82. The smallest absolute Gasteiger partial charge is 0.345 e. The van der Waals surface area contributed by atoms with Gasteiger partial charge >= 0.3 is 6.18 Å². The molecule has 2 N–H and O–H groups in total. The molecule has 39 heavy (non-hydrogen) atoms. The first-order valence-corrected chi connectivity index (χ1v) is 12.7. The van der Waals surface area contributed by atoms with Crippen LogP contribution in [0.3, 0.4) is 0 Å². The Balaban J connectivity index is 1.54. The van der Waals surface area contributed by atoms with Crippen LogP contribution < -0.4 is 10.6 Å². The number of anilines is 1. The first kappa shape index (κ1) is 27.8. The molecule has 0 atom stereocenters. The summed E-state index contributed by atoms with van der Waals surface area (Å²) in [5, 5.41) is 13.8. The number of halogens is 4. The Morgan fingerprint density at radius 1 is 0.974 bits per heavy atom. The van der Waals surface area contributed by atoms with Gasteiger partial charge in [-0.1, -0.05) is 36.0 Å². The van der Waals surface area contributed by atoms with Crippen LogP contribution in [0, 0.1) is 19.7 Å². The van der Waals surface area contributed by atoms with Crippen molar-refractivity contribution < 1.29 is 27.2 Å². The topological polar surface area (TPSA) is 88.9 Å². The number of aromatic nitrogens is 3. The maximum Gasteiger partial charge on any atom is 0.417 e. The van der Waals surface area contributed by atoms with Crippen molar-refractivity contribution in [2.24, 2.45) is 0 Å². The van der Waals surface area contributed by atoms with Gasteiger partial charge in [0.25, 0.3) is 5.91 Å². The molecule has 0 saturated carbocycles. The van der Waals surface area contributed by atoms with Crippen molar-refractivity contribution in [3.63, 3.8) is 0 Å². The van der Waals surface area contributed by atoms with Gasteiger partial charge in [0.1, 0.15) is 5.82 Å². The number of benzene rings is 3. The number of nitrogens with zero attached hydrogens (tertiary/aromatic N) is 3. The van der Waals surface area contributed by atoms with E-state index in [4.69, 9.17) is 0 Å². The lowest BCUT2D eigenvalue weighted by Gasteiger charge is -2.14. The van der Waals surface area contributed by atoms with Crippen molar-refractivity contribution in [3.05, 3.63) is 101 Å². The zero-order chi connectivity index (χ0) is 28.2. The summed E-state index contributed by atoms with van der Waals surface area (Å²) in [5.74, 6) is -1.57. The molecule has 0 unspecified atom stereocenters. The van der Waals surface area contributed by atoms with Crippen LogP contribution in [0.5, 0.6) is 0 Å². The summed E-state index contributed by atoms with van der Waals surface area (Å²) < 4.78 is 55.1. The minimum absolute atomic E-state index is 0.0297. The summed E-state index contributed by atoms with van der Waals surface area (Å²) in [6, 6.07) is 15.5. The average molecular weight is 558 g/mol. The van der Waals surface area contributed by atoms with Crippen LogP contribution in [0.25, 0.3) is 5.69 Å². The van der Waals surface area contributed by atoms with Gasteiger partial charge in [-0.3, -0.25) is 14.2 Å². The first-order valence-electron chi connectivity index (χ1n) is 11.7. The fraction of sp³-hybridized carbons (Fsp3) is 0.185. The lowest BCUT2D eigenvalue weighted by molar-refractivity contribution is -0.138. The normalized spacial score (nSPS) is 11.3. The van der Waals surface area contributed by atoms with E-state index < -0.39 is 29.0 Å². The molecule has 0 aliphatic carbocycles. The van der Waals surface area contributed by atoms with Gasteiger partial charge in [-0.15, -0.1) is 10.2 Å². The lowest BCUT2D eigenvalue weighted by atomic mass is 10.1. The predicted octanol–water partition coefficient (Wildman–Crippen LogP) is 5.70. The highest BCUT2D eigenvalue weighted by atomic mass is 32.2. The Morgan fingerprint density at radius 3 is 2.41 bits per heavy atom. The number of nitrogens with one attached hydrogen (secondary N) is 2. The van der Waals surface area contributed by atoms with E-state index in [2.05, 4.69) is 20.8 Å². The fourth-order valence-corrected chi connectivity index (χ4v) is 4.50. The van der Waals surface area contributed by atoms with Gasteiger partial charge in [0, 0.05) is 11.4 Å². The Labute approximate surface area is 225 Å². The summed E-state index contributed by atoms with van der Waals surface area (Å²) in [6.07, 6.45) is -4.70. The Kier molecular flexibility index (Phi) is 8.34. The summed E-state index contributed by atoms with van der Waals surface area (Å²) in [4.78, 5) is 25.3. The zero-order valence-corrected chi connectivity index (χ0v) is 21.7. The summed E-state index contributed by atoms with van der Waals surface area (Å²) >= 11 is 1.06. The van der Waals surface area contributed by atoms with Crippen LogP contribution in [0.1, 0.15) is 32.9 Å². The Morgan fingerprint density at radius 2 is 1.69 bits per heavy atom. The molecule has 1 heterocycles. The molecular formula is C27H23F4N5O2S. The van der Waals surface area contributed by atoms with Crippen molar-refractivity contribution >= 4 is 29.3 Å². The van der Waals surface area contributed by atoms with Crippen molar-refractivity contribution in [2.75, 3.05) is 11.1 Å². The minimum atomic E-state index is -4.70. The molecule has 0 aliphatic rings. The van der Waals surface area contributed by atoms with Crippen molar-refractivity contribution in [1.82, 2.24) is 20.1 Å². The number of carbonyl (C=O) groups excluding carboxylic acids is 2. The Bertz CT molecular complexity index is 1500. The van der Waals surface area contributed by atoms with E-state index in [1.807, 2.05) is 32.0 Å². The lowest BCUT2D eigenvalue weighted by Crippen LogP contribution is -2.27. The maximum atomic E-state index is 13.6. The molecule has 0 bridgehead atoms. The van der Waals surface area contributed by atoms with Gasteiger partial charge in [0.15, 0.2) is 11.0 Å². The fourth-order valence-electron chi connectivity index (χ4n) is 3.73. The Hall–Kier alpha value is -4.19. The molecule has 0 fully saturated rings. The first-order chi connectivity index (χ1) is 18.5. The number of amides is 2. The third-order valence-electron chi connectivity index (χ3n) is 5.67. The second kappa shape index (κ2) is 11.7. The number of hydrogen-bond donors (Lipinski definition) is 2. The molecule has 0 spiro atoms. The molecule has 202 valence electrons. The monoisotopic (exact) mass is 557 g/mol. The van der Waals surface area contributed by atoms with Gasteiger partial charge < -0.3 is 10.6 Å². The van der Waals surface area contributed by atoms with Crippen LogP contribution in [0.4, 0.5) is 23.2 Å². The van der Waals surface area contributed by atoms with Crippen molar-refractivity contribution in [3.8, 4) is 5.69 Å². The molecular weight excluding hydrogens is 534 g/mol. The maximum absolute atomic E-state index is 13.6. The second-order valence-electron chi connectivity index (χ2n) is 8.59. The van der Waals surface area contributed by atoms with E-state index in [1.165, 1.54) is 41.0 Å². The standard InChI is InChI=1S/C27H23F4N5O2S/c1-16-7-8-17(2)22(13-16)33-24(37)15-39-26-35-34-23(36(26)19-11-9-18(28)10-12-19)14-32-25(38)20-5-3-4-6-21(20)27(29,30)31/h3-13H,14-15H2,1-2H3,(H,32,38)(H,33,37). The van der Waals surface area contributed by atoms with Crippen LogP contribution in [0.15, 0.2) is 71.9 Å². The highest BCUT2D eigenvalue weighted by Gasteiger charge is 2.34. The van der Waals surface area contributed by atoms with E-state index in [0.717, 1.165) is 35.0 Å². The molecule has 1 aromatic heterocycles. The second-order valence-corrected chi connectivity index (χ2v) is 9.53. The molecule has 4 rings (SSSR count). The summed E-state index contributed by atoms with van der Waals surface area (Å²) in [7, 11) is 0. The summed E-state index contributed by atoms with van der Waals surface area (Å²) in [5.41, 5.74) is 1.42. The number of alkyl halides is 3. The molecule has 2 amide bonds. The highest BCUT2D eigenvalue weighted by molar-refractivity contribution is 7.99. The minimum Gasteiger partial charge on any atom is -0.345 e. The number of aryl methyl sites for hydroxylation is 2. The number of rotatable bonds is 8. The van der Waals surface area contributed by atoms with Gasteiger partial charge in [0.2, 0.25) is 5.91 Å². The number of carbonyl (C=O) groups is 2. The van der Waals surface area contributed by atoms with Crippen LogP contribution in [-0.4, -0.2) is 32.3 Å². The van der Waals surface area contributed by atoms with E-state index in [1.54, 1.807) is 0 Å².